The molecule has 1 aliphatic heterocycles. The molecule has 0 fully saturated rings. The number of fused-ring (bicyclic) bond motifs is 2. The van der Waals surface area contributed by atoms with Crippen LogP contribution >= 0.6 is 34.4 Å². The van der Waals surface area contributed by atoms with E-state index in [1.54, 1.807) is 34.4 Å². The van der Waals surface area contributed by atoms with Crippen molar-refractivity contribution in [2.24, 2.45) is 5.92 Å². The molecule has 10 heteroatoms. The summed E-state index contributed by atoms with van der Waals surface area (Å²) in [5.74, 6) is -1.90. The van der Waals surface area contributed by atoms with Crippen LogP contribution in [-0.4, -0.2) is 28.7 Å². The molecule has 58 heavy (non-hydrogen) atoms. The number of aryl methyl sites for hydroxylation is 2. The summed E-state index contributed by atoms with van der Waals surface area (Å²) < 4.78 is 0. The average Bonchev–Trinajstić information content (AvgIpc) is 3.83. The van der Waals surface area contributed by atoms with Crippen molar-refractivity contribution in [3.8, 4) is 33.0 Å². The zero-order valence-corrected chi connectivity index (χ0v) is 36.7. The first-order valence-electron chi connectivity index (χ1n) is 20.8. The Kier molecular flexibility index (Phi) is 16.8. The Morgan fingerprint density at radius 3 is 1.53 bits per heavy atom. The summed E-state index contributed by atoms with van der Waals surface area (Å²) >= 11 is 4.84. The fourth-order valence-corrected chi connectivity index (χ4v) is 10.9. The molecular formula is C48H55N3O4S3. The monoisotopic (exact) mass is 833 g/mol. The Balaban J connectivity index is 1.57. The number of carboxylic acids is 2. The number of anilines is 2. The second kappa shape index (κ2) is 22.0. The third-order valence-corrected chi connectivity index (χ3v) is 14.3. The molecule has 0 aliphatic carbocycles. The van der Waals surface area contributed by atoms with Crippen LogP contribution in [-0.2, 0) is 22.4 Å². The maximum Gasteiger partial charge on any atom is 0.346 e. The van der Waals surface area contributed by atoms with Crippen LogP contribution < -0.4 is 4.90 Å². The van der Waals surface area contributed by atoms with E-state index in [1.807, 2.05) is 12.1 Å². The number of nitriles is 2. The highest BCUT2D eigenvalue weighted by atomic mass is 32.2. The molecule has 2 aromatic heterocycles. The van der Waals surface area contributed by atoms with Gasteiger partial charge in [0.05, 0.1) is 11.4 Å². The molecule has 4 aromatic rings. The summed E-state index contributed by atoms with van der Waals surface area (Å²) in [7, 11) is 0. The minimum absolute atomic E-state index is 0.259. The Labute approximate surface area is 356 Å². The molecule has 1 unspecified atom stereocenters. The first-order chi connectivity index (χ1) is 28.1. The first kappa shape index (κ1) is 44.5. The normalized spacial score (nSPS) is 13.1. The van der Waals surface area contributed by atoms with Crippen molar-refractivity contribution in [2.45, 2.75) is 127 Å². The summed E-state index contributed by atoms with van der Waals surface area (Å²) in [4.78, 5) is 32.2. The molecule has 2 N–H and O–H groups in total. The first-order valence-corrected chi connectivity index (χ1v) is 23.3. The minimum Gasteiger partial charge on any atom is -0.477 e. The molecule has 0 saturated carbocycles. The maximum absolute atomic E-state index is 11.8. The highest BCUT2D eigenvalue weighted by Gasteiger charge is 2.27. The lowest BCUT2D eigenvalue weighted by Crippen LogP contribution is -2.27. The lowest BCUT2D eigenvalue weighted by Gasteiger charge is -2.35. The van der Waals surface area contributed by atoms with Crippen molar-refractivity contribution in [1.29, 1.82) is 10.5 Å². The number of carbonyl (C=O) groups is 2. The third kappa shape index (κ3) is 11.3. The maximum atomic E-state index is 11.8. The van der Waals surface area contributed by atoms with Gasteiger partial charge in [-0.15, -0.1) is 22.7 Å². The molecule has 3 heterocycles. The van der Waals surface area contributed by atoms with E-state index in [4.69, 9.17) is 0 Å². The van der Waals surface area contributed by atoms with Crippen LogP contribution in [0.5, 0.6) is 0 Å². The summed E-state index contributed by atoms with van der Waals surface area (Å²) in [6, 6.07) is 21.4. The topological polar surface area (TPSA) is 125 Å². The highest BCUT2D eigenvalue weighted by Crippen LogP contribution is 2.52. The van der Waals surface area contributed by atoms with E-state index in [9.17, 15) is 30.3 Å². The number of hydrogen-bond acceptors (Lipinski definition) is 8. The second-order valence-corrected chi connectivity index (χ2v) is 18.3. The van der Waals surface area contributed by atoms with Gasteiger partial charge in [-0.25, -0.2) is 9.59 Å². The largest absolute Gasteiger partial charge is 0.477 e. The van der Waals surface area contributed by atoms with Crippen molar-refractivity contribution in [1.82, 2.24) is 0 Å². The quantitative estimate of drug-likeness (QED) is 0.0455. The van der Waals surface area contributed by atoms with Crippen molar-refractivity contribution in [3.63, 3.8) is 0 Å². The highest BCUT2D eigenvalue weighted by molar-refractivity contribution is 7.99. The van der Waals surface area contributed by atoms with E-state index in [0.717, 1.165) is 135 Å². The Morgan fingerprint density at radius 1 is 0.672 bits per heavy atom. The van der Waals surface area contributed by atoms with E-state index in [0.29, 0.717) is 5.92 Å². The molecule has 5 rings (SSSR count). The molecule has 1 aliphatic rings. The van der Waals surface area contributed by atoms with Crippen molar-refractivity contribution < 1.29 is 19.8 Å². The number of carboxylic acid groups (broad SMARTS) is 2. The van der Waals surface area contributed by atoms with Crippen LogP contribution in [0.1, 0.15) is 126 Å². The fraction of sp³-hybridized carbons (Fsp3) is 0.417. The summed E-state index contributed by atoms with van der Waals surface area (Å²) in [5, 5.41) is 38.5. The Hall–Kier alpha value is -4.61. The predicted octanol–water partition coefficient (Wildman–Crippen LogP) is 14.2. The molecule has 7 nitrogen and oxygen atoms in total. The summed E-state index contributed by atoms with van der Waals surface area (Å²) in [6.07, 6.45) is 18.1. The number of nitrogens with zero attached hydrogens (tertiary/aromatic N) is 3. The van der Waals surface area contributed by atoms with Crippen LogP contribution in [0.4, 0.5) is 11.4 Å². The van der Waals surface area contributed by atoms with Crippen LogP contribution in [0.3, 0.4) is 0 Å². The summed E-state index contributed by atoms with van der Waals surface area (Å²) in [6.45, 7) is 9.80. The lowest BCUT2D eigenvalue weighted by molar-refractivity contribution is -0.133. The fourth-order valence-electron chi connectivity index (χ4n) is 7.40. The number of hydrogen-bond donors (Lipinski definition) is 2. The molecule has 0 spiro atoms. The minimum atomic E-state index is -1.22. The number of aliphatic carboxylic acids is 2. The second-order valence-electron chi connectivity index (χ2n) is 15.1. The van der Waals surface area contributed by atoms with Crippen LogP contribution in [0.15, 0.2) is 69.5 Å². The van der Waals surface area contributed by atoms with Gasteiger partial charge in [-0.1, -0.05) is 109 Å². The van der Waals surface area contributed by atoms with Gasteiger partial charge in [0.15, 0.2) is 0 Å². The number of rotatable bonds is 22. The van der Waals surface area contributed by atoms with Crippen molar-refractivity contribution in [3.05, 3.63) is 80.6 Å². The molecule has 0 amide bonds. The SMILES string of the molecule is CCCCCCc1cc(-c2ccc3c(c2)Sc2cc(-c4cc(CCCCCC)c(/C=C(\C#N)C(=O)O)s4)ccc2N3CC(CC)CCCC)sc1/C=C(/C#N)C(=O)O. The Morgan fingerprint density at radius 2 is 1.14 bits per heavy atom. The molecular weight excluding hydrogens is 779 g/mol. The van der Waals surface area contributed by atoms with E-state index >= 15 is 0 Å². The number of unbranched alkanes of at least 4 members (excludes halogenated alkanes) is 7. The van der Waals surface area contributed by atoms with Crippen molar-refractivity contribution >= 4 is 69.9 Å². The van der Waals surface area contributed by atoms with E-state index in [1.165, 1.54) is 36.4 Å². The van der Waals surface area contributed by atoms with Crippen LogP contribution in [0.25, 0.3) is 33.0 Å². The van der Waals surface area contributed by atoms with Crippen LogP contribution in [0, 0.1) is 28.6 Å². The van der Waals surface area contributed by atoms with Gasteiger partial charge in [0.25, 0.3) is 0 Å². The van der Waals surface area contributed by atoms with Gasteiger partial charge < -0.3 is 15.1 Å². The molecule has 304 valence electrons. The zero-order chi connectivity index (χ0) is 41.6. The van der Waals surface area contributed by atoms with Gasteiger partial charge in [0.2, 0.25) is 0 Å². The molecule has 0 bridgehead atoms. The van der Waals surface area contributed by atoms with Gasteiger partial charge in [0.1, 0.15) is 23.3 Å². The van der Waals surface area contributed by atoms with E-state index in [2.05, 4.69) is 81.1 Å². The Bertz CT molecular complexity index is 2070. The van der Waals surface area contributed by atoms with Gasteiger partial charge in [-0.05, 0) is 109 Å². The zero-order valence-electron chi connectivity index (χ0n) is 34.2. The average molecular weight is 834 g/mol. The molecule has 2 aromatic carbocycles. The van der Waals surface area contributed by atoms with Crippen molar-refractivity contribution in [2.75, 3.05) is 11.4 Å². The third-order valence-electron chi connectivity index (χ3n) is 10.8. The van der Waals surface area contributed by atoms with Gasteiger partial charge in [0, 0.05) is 35.8 Å². The van der Waals surface area contributed by atoms with E-state index in [-0.39, 0.29) is 11.1 Å². The smallest absolute Gasteiger partial charge is 0.346 e. The molecule has 0 saturated heterocycles. The number of thiophene rings is 2. The summed E-state index contributed by atoms with van der Waals surface area (Å²) in [5.41, 5.74) is 6.11. The van der Waals surface area contributed by atoms with E-state index < -0.39 is 11.9 Å². The predicted molar refractivity (Wildman–Crippen MR) is 242 cm³/mol. The van der Waals surface area contributed by atoms with Crippen LogP contribution in [0.2, 0.25) is 0 Å². The molecule has 1 atom stereocenters. The van der Waals surface area contributed by atoms with Gasteiger partial charge in [-0.3, -0.25) is 0 Å². The standard InChI is InChI=1S/C48H55N3O4S3/c1-5-9-12-14-17-33-23-41(56-43(33)27-37(29-49)47(52)53)35-19-21-39-45(25-35)58-46-26-36(20-22-40(46)51(39)31-32(8-4)16-11-7-3)42-24-34(18-15-13-10-6-2)44(57-42)28-38(30-50)48(54)55/h19-28,32H,5-18,31H2,1-4H3,(H,52,53)(H,54,55)/b37-27-,38-28+. The number of benzene rings is 2. The molecule has 0 radical (unpaired) electrons. The van der Waals surface area contributed by atoms with Gasteiger partial charge in [-0.2, -0.15) is 10.5 Å². The van der Waals surface area contributed by atoms with Gasteiger partial charge >= 0.3 is 11.9 Å². The lowest BCUT2D eigenvalue weighted by atomic mass is 9.97.